The smallest absolute Gasteiger partial charge is 0.301 e. The zero-order valence-electron chi connectivity index (χ0n) is 8.09. The van der Waals surface area contributed by atoms with Gasteiger partial charge in [-0.25, -0.2) is 0 Å². The van der Waals surface area contributed by atoms with Gasteiger partial charge in [0.1, 0.15) is 0 Å². The Kier molecular flexibility index (Phi) is 9.02. The van der Waals surface area contributed by atoms with Crippen LogP contribution in [0.2, 0.25) is 0 Å². The molecule has 78 valence electrons. The summed E-state index contributed by atoms with van der Waals surface area (Å²) in [5.41, 5.74) is 0. The van der Waals surface area contributed by atoms with Crippen LogP contribution < -0.4 is 0 Å². The van der Waals surface area contributed by atoms with Crippen LogP contribution in [-0.4, -0.2) is 43.1 Å². The van der Waals surface area contributed by atoms with Gasteiger partial charge in [0.25, 0.3) is 0 Å². The third-order valence-electron chi connectivity index (χ3n) is 1.31. The van der Waals surface area contributed by atoms with Gasteiger partial charge in [0.2, 0.25) is 0 Å². The van der Waals surface area contributed by atoms with Crippen LogP contribution in [-0.2, 0) is 4.79 Å². The van der Waals surface area contributed by atoms with Gasteiger partial charge in [0, 0.05) is 24.5 Å². The minimum atomic E-state index is -1.20. The van der Waals surface area contributed by atoms with Crippen molar-refractivity contribution in [2.24, 2.45) is 0 Å². The van der Waals surface area contributed by atoms with Crippen LogP contribution in [0.3, 0.4) is 0 Å². The SMILES string of the molecule is CN(C)CCSSCCCC(=O)F. The second kappa shape index (κ2) is 8.84. The summed E-state index contributed by atoms with van der Waals surface area (Å²) in [6, 6.07) is -1.20. The van der Waals surface area contributed by atoms with E-state index < -0.39 is 6.04 Å². The Morgan fingerprint density at radius 2 is 1.92 bits per heavy atom. The monoisotopic (exact) mass is 225 g/mol. The Morgan fingerprint density at radius 1 is 1.31 bits per heavy atom. The molecule has 0 atom stereocenters. The largest absolute Gasteiger partial charge is 0.309 e. The molecule has 0 aromatic heterocycles. The topological polar surface area (TPSA) is 20.3 Å². The first-order valence-electron chi connectivity index (χ1n) is 4.20. The molecule has 0 spiro atoms. The van der Waals surface area contributed by atoms with E-state index in [2.05, 4.69) is 4.90 Å². The molecule has 0 saturated carbocycles. The zero-order chi connectivity index (χ0) is 10.1. The molecule has 0 amide bonds. The summed E-state index contributed by atoms with van der Waals surface area (Å²) in [5.74, 6) is 1.93. The average molecular weight is 225 g/mol. The standard InChI is InChI=1S/C8H16FNOS2/c1-10(2)5-7-13-12-6-3-4-8(9)11/h3-7H2,1-2H3. The highest BCUT2D eigenvalue weighted by atomic mass is 33.1. The van der Waals surface area contributed by atoms with Gasteiger partial charge in [0.05, 0.1) is 0 Å². The molecule has 0 rings (SSSR count). The molecule has 0 aliphatic carbocycles. The van der Waals surface area contributed by atoms with E-state index in [1.54, 1.807) is 21.6 Å². The van der Waals surface area contributed by atoms with E-state index in [9.17, 15) is 9.18 Å². The van der Waals surface area contributed by atoms with E-state index in [-0.39, 0.29) is 6.42 Å². The van der Waals surface area contributed by atoms with Crippen molar-refractivity contribution in [1.82, 2.24) is 4.90 Å². The van der Waals surface area contributed by atoms with Crippen molar-refractivity contribution < 1.29 is 9.18 Å². The van der Waals surface area contributed by atoms with Crippen LogP contribution in [0.15, 0.2) is 0 Å². The Hall–Kier alpha value is 0.260. The third kappa shape index (κ3) is 12.3. The summed E-state index contributed by atoms with van der Waals surface area (Å²) in [6.45, 7) is 1.06. The fraction of sp³-hybridized carbons (Fsp3) is 0.875. The number of halogens is 1. The Labute approximate surface area is 87.0 Å². The first kappa shape index (κ1) is 13.3. The first-order valence-corrected chi connectivity index (χ1v) is 6.69. The van der Waals surface area contributed by atoms with E-state index in [1.165, 1.54) is 0 Å². The zero-order valence-corrected chi connectivity index (χ0v) is 9.72. The van der Waals surface area contributed by atoms with Gasteiger partial charge >= 0.3 is 6.04 Å². The van der Waals surface area contributed by atoms with E-state index in [4.69, 9.17) is 0 Å². The van der Waals surface area contributed by atoms with Gasteiger partial charge in [-0.3, -0.25) is 4.79 Å². The molecule has 0 aliphatic rings. The van der Waals surface area contributed by atoms with E-state index in [1.807, 2.05) is 14.1 Å². The predicted octanol–water partition coefficient (Wildman–Crippen LogP) is 2.21. The Morgan fingerprint density at radius 3 is 2.46 bits per heavy atom. The number of rotatable bonds is 8. The second-order valence-electron chi connectivity index (χ2n) is 2.91. The lowest BCUT2D eigenvalue weighted by atomic mass is 10.4. The molecule has 0 aliphatic heterocycles. The number of nitrogens with zero attached hydrogens (tertiary/aromatic N) is 1. The highest BCUT2D eigenvalue weighted by molar-refractivity contribution is 8.76. The number of carbonyl (C=O) groups is 1. The summed E-state index contributed by atoms with van der Waals surface area (Å²) in [4.78, 5) is 12.1. The highest BCUT2D eigenvalue weighted by Crippen LogP contribution is 2.22. The molecule has 0 aromatic rings. The maximum atomic E-state index is 11.7. The highest BCUT2D eigenvalue weighted by Gasteiger charge is 1.98. The summed E-state index contributed by atoms with van der Waals surface area (Å²) < 4.78 is 11.7. The van der Waals surface area contributed by atoms with Gasteiger partial charge in [-0.15, -0.1) is 0 Å². The van der Waals surface area contributed by atoms with Crippen molar-refractivity contribution in [2.45, 2.75) is 12.8 Å². The number of hydrogen-bond acceptors (Lipinski definition) is 4. The van der Waals surface area contributed by atoms with Crippen molar-refractivity contribution in [3.63, 3.8) is 0 Å². The van der Waals surface area contributed by atoms with Gasteiger partial charge in [-0.05, 0) is 20.5 Å². The van der Waals surface area contributed by atoms with Crippen molar-refractivity contribution in [2.75, 3.05) is 32.1 Å². The lowest BCUT2D eigenvalue weighted by molar-refractivity contribution is -0.129. The van der Waals surface area contributed by atoms with Crippen LogP contribution >= 0.6 is 21.6 Å². The maximum absolute atomic E-state index is 11.7. The molecule has 0 heterocycles. The summed E-state index contributed by atoms with van der Waals surface area (Å²) in [7, 11) is 7.55. The predicted molar refractivity (Wildman–Crippen MR) is 58.8 cm³/mol. The van der Waals surface area contributed by atoms with Gasteiger partial charge in [0.15, 0.2) is 0 Å². The molecule has 0 fully saturated rings. The summed E-state index contributed by atoms with van der Waals surface area (Å²) in [6.07, 6.45) is 0.718. The molecule has 0 unspecified atom stereocenters. The molecule has 0 bridgehead atoms. The van der Waals surface area contributed by atoms with E-state index >= 15 is 0 Å². The van der Waals surface area contributed by atoms with Crippen LogP contribution in [0.4, 0.5) is 4.39 Å². The molecule has 2 nitrogen and oxygen atoms in total. The van der Waals surface area contributed by atoms with Crippen molar-refractivity contribution >= 4 is 27.6 Å². The van der Waals surface area contributed by atoms with Crippen LogP contribution in [0, 0.1) is 0 Å². The molecular formula is C8H16FNOS2. The number of hydrogen-bond donors (Lipinski definition) is 0. The summed E-state index contributed by atoms with van der Waals surface area (Å²) >= 11 is 0. The lowest BCUT2D eigenvalue weighted by Crippen LogP contribution is -2.14. The fourth-order valence-corrected chi connectivity index (χ4v) is 2.83. The van der Waals surface area contributed by atoms with Gasteiger partial charge < -0.3 is 4.90 Å². The second-order valence-corrected chi connectivity index (χ2v) is 5.61. The molecule has 0 N–H and O–H groups in total. The fourth-order valence-electron chi connectivity index (χ4n) is 0.608. The quantitative estimate of drug-likeness (QED) is 0.358. The van der Waals surface area contributed by atoms with Crippen LogP contribution in [0.5, 0.6) is 0 Å². The minimum Gasteiger partial charge on any atom is -0.309 e. The van der Waals surface area contributed by atoms with Crippen LogP contribution in [0.1, 0.15) is 12.8 Å². The molecule has 5 heteroatoms. The van der Waals surface area contributed by atoms with Gasteiger partial charge in [-0.2, -0.15) is 4.39 Å². The molecule has 13 heavy (non-hydrogen) atoms. The lowest BCUT2D eigenvalue weighted by Gasteiger charge is -2.07. The first-order chi connectivity index (χ1) is 6.13. The molecule has 0 radical (unpaired) electrons. The normalized spacial score (nSPS) is 10.8. The average Bonchev–Trinajstić information content (AvgIpc) is 2.01. The Balaban J connectivity index is 2.96. The summed E-state index contributed by atoms with van der Waals surface area (Å²) in [5, 5.41) is 0. The van der Waals surface area contributed by atoms with Gasteiger partial charge in [-0.1, -0.05) is 21.6 Å². The van der Waals surface area contributed by atoms with Crippen molar-refractivity contribution in [1.29, 1.82) is 0 Å². The van der Waals surface area contributed by atoms with E-state index in [0.29, 0.717) is 6.42 Å². The molecule has 0 saturated heterocycles. The maximum Gasteiger partial charge on any atom is 0.301 e. The third-order valence-corrected chi connectivity index (χ3v) is 3.78. The minimum absolute atomic E-state index is 0.0707. The molecular weight excluding hydrogens is 209 g/mol. The number of carbonyl (C=O) groups excluding carboxylic acids is 1. The Bertz CT molecular complexity index is 144. The van der Waals surface area contributed by atoms with Crippen LogP contribution in [0.25, 0.3) is 0 Å². The molecule has 0 aromatic carbocycles. The van der Waals surface area contributed by atoms with Crippen molar-refractivity contribution in [3.8, 4) is 0 Å². The van der Waals surface area contributed by atoms with E-state index in [0.717, 1.165) is 18.1 Å². The van der Waals surface area contributed by atoms with Crippen molar-refractivity contribution in [3.05, 3.63) is 0 Å².